The maximum absolute atomic E-state index is 7.84. The van der Waals surface area contributed by atoms with E-state index in [0.717, 1.165) is 61.5 Å². The molecule has 1 saturated carbocycles. The van der Waals surface area contributed by atoms with Crippen LogP contribution in [0.2, 0.25) is 19.6 Å². The number of pyridine rings is 2. The fourth-order valence-corrected chi connectivity index (χ4v) is 9.12. The summed E-state index contributed by atoms with van der Waals surface area (Å²) < 4.78 is 30.0. The zero-order valence-electron chi connectivity index (χ0n) is 36.3. The van der Waals surface area contributed by atoms with Crippen LogP contribution in [-0.2, 0) is 25.5 Å². The number of fused-ring (bicyclic) bond motifs is 3. The van der Waals surface area contributed by atoms with Gasteiger partial charge in [0.1, 0.15) is 5.58 Å². The van der Waals surface area contributed by atoms with Gasteiger partial charge in [0.15, 0.2) is 0 Å². The molecule has 0 bridgehead atoms. The minimum Gasteiger partial charge on any atom is -0.501 e. The molecule has 1 aliphatic carbocycles. The number of nitrogens with zero attached hydrogens (tertiary/aromatic N) is 2. The number of furan rings is 1. The maximum atomic E-state index is 7.84. The molecule has 0 N–H and O–H groups in total. The number of hydrogen-bond acceptors (Lipinski definition) is 3. The average molecular weight is 942 g/mol. The zero-order chi connectivity index (χ0) is 41.4. The van der Waals surface area contributed by atoms with E-state index in [0.29, 0.717) is 11.1 Å². The molecule has 1 fully saturated rings. The summed E-state index contributed by atoms with van der Waals surface area (Å²) in [5, 5.41) is 3.53. The summed E-state index contributed by atoms with van der Waals surface area (Å²) in [5.74, 6) is 0.732. The third kappa shape index (κ3) is 8.53. The largest absolute Gasteiger partial charge is 0.501 e. The fraction of sp³-hybridized carbons (Fsp3) is 0.231. The molecule has 3 aromatic heterocycles. The molecule has 289 valence electrons. The van der Waals surface area contributed by atoms with Gasteiger partial charge in [0.2, 0.25) is 0 Å². The van der Waals surface area contributed by atoms with E-state index in [1.54, 1.807) is 6.07 Å². The first-order valence-corrected chi connectivity index (χ1v) is 23.3. The van der Waals surface area contributed by atoms with Gasteiger partial charge >= 0.3 is 0 Å². The summed E-state index contributed by atoms with van der Waals surface area (Å²) in [7, 11) is -1.40. The monoisotopic (exact) mass is 942 g/mol. The van der Waals surface area contributed by atoms with Gasteiger partial charge in [-0.05, 0) is 75.1 Å². The van der Waals surface area contributed by atoms with Gasteiger partial charge in [0, 0.05) is 42.0 Å². The van der Waals surface area contributed by atoms with E-state index in [1.807, 2.05) is 67.0 Å². The molecule has 0 atom stereocenters. The molecule has 3 heterocycles. The third-order valence-electron chi connectivity index (χ3n) is 11.6. The van der Waals surface area contributed by atoms with E-state index in [4.69, 9.17) is 13.5 Å². The van der Waals surface area contributed by atoms with Crippen molar-refractivity contribution in [3.8, 4) is 44.8 Å². The predicted molar refractivity (Wildman–Crippen MR) is 238 cm³/mol. The Hall–Kier alpha value is -4.93. The standard InChI is InChI=1S/C31H28NO.C21H22NSi.Ir/c1-31(2,23-11-6-7-12-23)24-17-18-32-28(20-24)27-14-8-13-26-25-16-15-22(19-29(25)33-30(26)27)21-9-4-3-5-10-21;1-16-10-11-18(14-20(16)17-8-6-5-7-9-17)21-13-12-19(15-22-21)23(2,3)4;/h3-5,8-10,13,15-20,23H,6-7,11-12H2,1-2H3;5-10,12-15H,1-4H3;/q2*-1;/i;1D3;. The first-order chi connectivity index (χ1) is 28.3. The van der Waals surface area contributed by atoms with Crippen LogP contribution in [0.15, 0.2) is 144 Å². The fourth-order valence-electron chi connectivity index (χ4n) is 8.09. The van der Waals surface area contributed by atoms with E-state index in [2.05, 4.69) is 117 Å². The normalized spacial score (nSPS) is 14.3. The second-order valence-electron chi connectivity index (χ2n) is 16.6. The Kier molecular flexibility index (Phi) is 10.8. The molecule has 3 nitrogen and oxygen atoms in total. The summed E-state index contributed by atoms with van der Waals surface area (Å²) in [6.45, 7) is 9.45. The minimum atomic E-state index is -2.19. The Labute approximate surface area is 357 Å². The van der Waals surface area contributed by atoms with Gasteiger partial charge in [-0.1, -0.05) is 161 Å². The van der Waals surface area contributed by atoms with Gasteiger partial charge in [0.25, 0.3) is 0 Å². The molecule has 0 aliphatic heterocycles. The summed E-state index contributed by atoms with van der Waals surface area (Å²) in [5.41, 5.74) is 11.0. The molecule has 0 unspecified atom stereocenters. The van der Waals surface area contributed by atoms with E-state index >= 15 is 0 Å². The molecule has 57 heavy (non-hydrogen) atoms. The van der Waals surface area contributed by atoms with E-state index in [1.165, 1.54) is 42.0 Å². The Bertz CT molecular complexity index is 2720. The molecule has 1 aliphatic rings. The van der Waals surface area contributed by atoms with Gasteiger partial charge in [-0.25, -0.2) is 0 Å². The van der Waals surface area contributed by atoms with Crippen molar-refractivity contribution < 1.29 is 28.6 Å². The maximum Gasteiger partial charge on any atom is 0.121 e. The van der Waals surface area contributed by atoms with Crippen molar-refractivity contribution in [2.24, 2.45) is 5.92 Å². The molecular weight excluding hydrogens is 889 g/mol. The van der Waals surface area contributed by atoms with E-state index < -0.39 is 14.9 Å². The zero-order valence-corrected chi connectivity index (χ0v) is 36.7. The smallest absolute Gasteiger partial charge is 0.121 e. The minimum absolute atomic E-state index is 0. The van der Waals surface area contributed by atoms with Crippen molar-refractivity contribution in [2.75, 3.05) is 0 Å². The van der Waals surface area contributed by atoms with Crippen molar-refractivity contribution in [3.05, 3.63) is 163 Å². The van der Waals surface area contributed by atoms with Gasteiger partial charge in [0.05, 0.1) is 13.7 Å². The second kappa shape index (κ2) is 16.9. The summed E-state index contributed by atoms with van der Waals surface area (Å²) >= 11 is 0. The molecule has 0 amide bonds. The number of rotatable bonds is 7. The van der Waals surface area contributed by atoms with Gasteiger partial charge in [-0.2, -0.15) is 0 Å². The Morgan fingerprint density at radius 2 is 1.47 bits per heavy atom. The van der Waals surface area contributed by atoms with Crippen LogP contribution in [0.25, 0.3) is 66.7 Å². The summed E-state index contributed by atoms with van der Waals surface area (Å²) in [4.78, 5) is 9.35. The SMILES string of the molecule is CC(C)(c1ccnc(-c2[c-]ccc3c2oc2cc(-c4ccccc4)ccc23)c1)C1CCCC1.[2H]C([2H])([2H])c1c[c-]c(-c2ccc([Si](C)(C)C)cn2)cc1-c1ccccc1.[Ir]. The topological polar surface area (TPSA) is 38.9 Å². The Balaban J connectivity index is 0.000000184. The molecule has 0 saturated heterocycles. The third-order valence-corrected chi connectivity index (χ3v) is 13.6. The van der Waals surface area contributed by atoms with Crippen LogP contribution in [0.3, 0.4) is 0 Å². The summed E-state index contributed by atoms with van der Waals surface area (Å²) in [6.07, 6.45) is 9.23. The van der Waals surface area contributed by atoms with Gasteiger partial charge < -0.3 is 14.4 Å². The van der Waals surface area contributed by atoms with Crippen LogP contribution < -0.4 is 5.19 Å². The van der Waals surface area contributed by atoms with Crippen LogP contribution >= 0.6 is 0 Å². The average Bonchev–Trinajstić information content (AvgIpc) is 3.93. The van der Waals surface area contributed by atoms with Crippen LogP contribution in [0.4, 0.5) is 0 Å². The molecular formula is C52H50IrN2OSi-2. The van der Waals surface area contributed by atoms with Crippen molar-refractivity contribution >= 4 is 35.2 Å². The van der Waals surface area contributed by atoms with Gasteiger partial charge in [-0.3, -0.25) is 0 Å². The number of hydrogen-bond donors (Lipinski definition) is 0. The van der Waals surface area contributed by atoms with Crippen LogP contribution in [-0.4, -0.2) is 18.0 Å². The van der Waals surface area contributed by atoms with Crippen molar-refractivity contribution in [1.82, 2.24) is 9.97 Å². The van der Waals surface area contributed by atoms with Crippen molar-refractivity contribution in [2.45, 2.75) is 71.4 Å². The van der Waals surface area contributed by atoms with Crippen LogP contribution in [0.1, 0.15) is 54.8 Å². The molecule has 1 radical (unpaired) electrons. The Morgan fingerprint density at radius 1 is 0.737 bits per heavy atom. The predicted octanol–water partition coefficient (Wildman–Crippen LogP) is 13.6. The first kappa shape index (κ1) is 36.4. The molecule has 5 aromatic carbocycles. The molecule has 8 aromatic rings. The van der Waals surface area contributed by atoms with Crippen molar-refractivity contribution in [1.29, 1.82) is 0 Å². The number of aromatic nitrogens is 2. The molecule has 9 rings (SSSR count). The quantitative estimate of drug-likeness (QED) is 0.118. The molecule has 0 spiro atoms. The van der Waals surface area contributed by atoms with Crippen LogP contribution in [0, 0.1) is 24.9 Å². The van der Waals surface area contributed by atoms with Gasteiger partial charge in [-0.15, -0.1) is 47.5 Å². The second-order valence-corrected chi connectivity index (χ2v) is 21.7. The van der Waals surface area contributed by atoms with Crippen molar-refractivity contribution in [3.63, 3.8) is 0 Å². The first-order valence-electron chi connectivity index (χ1n) is 21.3. The molecule has 5 heteroatoms. The number of benzene rings is 5. The number of aryl methyl sites for hydroxylation is 1. The Morgan fingerprint density at radius 3 is 2.16 bits per heavy atom. The van der Waals surface area contributed by atoms with E-state index in [-0.39, 0.29) is 25.5 Å². The summed E-state index contributed by atoms with van der Waals surface area (Å²) in [6, 6.07) is 49.2. The van der Waals surface area contributed by atoms with Crippen LogP contribution in [0.5, 0.6) is 0 Å². The van der Waals surface area contributed by atoms with E-state index in [9.17, 15) is 0 Å².